The van der Waals surface area contributed by atoms with E-state index in [2.05, 4.69) is 9.98 Å². The minimum Gasteiger partial charge on any atom is -0.455 e. The summed E-state index contributed by atoms with van der Waals surface area (Å²) >= 11 is 0. The first-order valence-corrected chi connectivity index (χ1v) is 6.32. The van der Waals surface area contributed by atoms with Gasteiger partial charge in [0.05, 0.1) is 0 Å². The molecular formula is C15H17N5O. The minimum absolute atomic E-state index is 0.0292. The van der Waals surface area contributed by atoms with Crippen LogP contribution >= 0.6 is 0 Å². The normalized spacial score (nSPS) is 11.0. The summed E-state index contributed by atoms with van der Waals surface area (Å²) in [5, 5.41) is 0. The standard InChI is InChI=1S/C15H17N5O/c1-10-6-5-9-12(19-15(18)20-14(16)17)13(10)21-11-7-3-2-4-8-11/h2-9H,1H3,(H6,16,17,18,19,20). The van der Waals surface area contributed by atoms with Gasteiger partial charge < -0.3 is 21.9 Å². The second-order valence-corrected chi connectivity index (χ2v) is 4.34. The Kier molecular flexibility index (Phi) is 4.40. The molecule has 0 bridgehead atoms. The summed E-state index contributed by atoms with van der Waals surface area (Å²) in [5.74, 6) is 1.15. The summed E-state index contributed by atoms with van der Waals surface area (Å²) in [7, 11) is 0. The van der Waals surface area contributed by atoms with E-state index < -0.39 is 0 Å². The van der Waals surface area contributed by atoms with Gasteiger partial charge in [0.25, 0.3) is 0 Å². The van der Waals surface area contributed by atoms with E-state index in [-0.39, 0.29) is 11.9 Å². The van der Waals surface area contributed by atoms with E-state index in [4.69, 9.17) is 21.9 Å². The highest BCUT2D eigenvalue weighted by Crippen LogP contribution is 2.34. The lowest BCUT2D eigenvalue weighted by Crippen LogP contribution is -2.26. The summed E-state index contributed by atoms with van der Waals surface area (Å²) in [6, 6.07) is 15.0. The third kappa shape index (κ3) is 3.97. The lowest BCUT2D eigenvalue weighted by molar-refractivity contribution is 0.480. The molecule has 0 heterocycles. The Morgan fingerprint density at radius 3 is 2.33 bits per heavy atom. The fourth-order valence-electron chi connectivity index (χ4n) is 1.74. The number of benzene rings is 2. The van der Waals surface area contributed by atoms with E-state index in [9.17, 15) is 0 Å². The van der Waals surface area contributed by atoms with Crippen LogP contribution in [0.25, 0.3) is 0 Å². The summed E-state index contributed by atoms with van der Waals surface area (Å²) in [5.41, 5.74) is 17.7. The Bertz CT molecular complexity index is 676. The number of hydrogen-bond donors (Lipinski definition) is 3. The van der Waals surface area contributed by atoms with Gasteiger partial charge in [-0.25, -0.2) is 4.99 Å². The number of para-hydroxylation sites is 2. The van der Waals surface area contributed by atoms with Crippen molar-refractivity contribution in [3.63, 3.8) is 0 Å². The Balaban J connectivity index is 2.39. The van der Waals surface area contributed by atoms with Crippen molar-refractivity contribution >= 4 is 17.6 Å². The number of aryl methyl sites for hydroxylation is 1. The number of rotatable bonds is 3. The van der Waals surface area contributed by atoms with Crippen molar-refractivity contribution in [3.8, 4) is 11.5 Å². The van der Waals surface area contributed by atoms with Gasteiger partial charge in [0.2, 0.25) is 5.96 Å². The molecule has 108 valence electrons. The summed E-state index contributed by atoms with van der Waals surface area (Å²) in [6.45, 7) is 1.92. The molecular weight excluding hydrogens is 266 g/mol. The number of nitrogens with two attached hydrogens (primary N) is 3. The lowest BCUT2D eigenvalue weighted by Gasteiger charge is -2.11. The van der Waals surface area contributed by atoms with E-state index in [0.29, 0.717) is 17.2 Å². The molecule has 0 spiro atoms. The monoisotopic (exact) mass is 283 g/mol. The van der Waals surface area contributed by atoms with Crippen LogP contribution in [0.2, 0.25) is 0 Å². The van der Waals surface area contributed by atoms with Crippen molar-refractivity contribution in [2.24, 2.45) is 27.2 Å². The summed E-state index contributed by atoms with van der Waals surface area (Å²) in [6.07, 6.45) is 0. The van der Waals surface area contributed by atoms with Gasteiger partial charge in [0.15, 0.2) is 11.7 Å². The minimum atomic E-state index is -0.144. The third-order valence-electron chi connectivity index (χ3n) is 2.63. The Morgan fingerprint density at radius 2 is 1.67 bits per heavy atom. The highest BCUT2D eigenvalue weighted by Gasteiger charge is 2.08. The van der Waals surface area contributed by atoms with Gasteiger partial charge in [-0.3, -0.25) is 0 Å². The average Bonchev–Trinajstić information content (AvgIpc) is 2.43. The molecule has 0 fully saturated rings. The fourth-order valence-corrected chi connectivity index (χ4v) is 1.74. The Morgan fingerprint density at radius 1 is 0.952 bits per heavy atom. The van der Waals surface area contributed by atoms with Crippen molar-refractivity contribution in [3.05, 3.63) is 54.1 Å². The Hall–Kier alpha value is -3.02. The highest BCUT2D eigenvalue weighted by atomic mass is 16.5. The van der Waals surface area contributed by atoms with E-state index in [1.807, 2.05) is 49.4 Å². The van der Waals surface area contributed by atoms with E-state index in [0.717, 1.165) is 5.56 Å². The molecule has 0 aliphatic heterocycles. The maximum atomic E-state index is 5.87. The predicted octanol–water partition coefficient (Wildman–Crippen LogP) is 2.01. The molecule has 6 N–H and O–H groups in total. The summed E-state index contributed by atoms with van der Waals surface area (Å²) < 4.78 is 5.87. The van der Waals surface area contributed by atoms with Gasteiger partial charge in [0.1, 0.15) is 11.4 Å². The Labute approximate surface area is 123 Å². The molecule has 2 aromatic carbocycles. The topological polar surface area (TPSA) is 112 Å². The third-order valence-corrected chi connectivity index (χ3v) is 2.63. The number of hydrogen-bond acceptors (Lipinski definition) is 2. The largest absolute Gasteiger partial charge is 0.455 e. The smallest absolute Gasteiger partial charge is 0.223 e. The van der Waals surface area contributed by atoms with Crippen LogP contribution in [-0.4, -0.2) is 11.9 Å². The molecule has 6 nitrogen and oxygen atoms in total. The lowest BCUT2D eigenvalue weighted by atomic mass is 10.2. The molecule has 21 heavy (non-hydrogen) atoms. The van der Waals surface area contributed by atoms with Crippen molar-refractivity contribution in [2.45, 2.75) is 6.92 Å². The van der Waals surface area contributed by atoms with Crippen molar-refractivity contribution < 1.29 is 4.74 Å². The van der Waals surface area contributed by atoms with E-state index in [1.165, 1.54) is 0 Å². The molecule has 0 atom stereocenters. The van der Waals surface area contributed by atoms with Crippen LogP contribution in [-0.2, 0) is 0 Å². The second-order valence-electron chi connectivity index (χ2n) is 4.34. The maximum Gasteiger partial charge on any atom is 0.223 e. The van der Waals surface area contributed by atoms with Gasteiger partial charge >= 0.3 is 0 Å². The van der Waals surface area contributed by atoms with Gasteiger partial charge in [-0.15, -0.1) is 0 Å². The predicted molar refractivity (Wildman–Crippen MR) is 84.8 cm³/mol. The number of ether oxygens (including phenoxy) is 1. The zero-order valence-electron chi connectivity index (χ0n) is 11.7. The number of guanidine groups is 2. The average molecular weight is 283 g/mol. The molecule has 0 amide bonds. The second kappa shape index (κ2) is 6.42. The van der Waals surface area contributed by atoms with Crippen LogP contribution in [0.1, 0.15) is 5.56 Å². The molecule has 0 saturated heterocycles. The van der Waals surface area contributed by atoms with Crippen LogP contribution in [0.5, 0.6) is 11.5 Å². The SMILES string of the molecule is Cc1cccc(N=C(N)N=C(N)N)c1Oc1ccccc1. The zero-order chi connectivity index (χ0) is 15.2. The van der Waals surface area contributed by atoms with Crippen molar-refractivity contribution in [2.75, 3.05) is 0 Å². The van der Waals surface area contributed by atoms with Crippen LogP contribution in [0.4, 0.5) is 5.69 Å². The highest BCUT2D eigenvalue weighted by molar-refractivity contribution is 5.94. The molecule has 0 saturated carbocycles. The molecule has 0 aromatic heterocycles. The van der Waals surface area contributed by atoms with Crippen molar-refractivity contribution in [1.82, 2.24) is 0 Å². The fraction of sp³-hybridized carbons (Fsp3) is 0.0667. The molecule has 0 aliphatic carbocycles. The first-order valence-electron chi connectivity index (χ1n) is 6.32. The van der Waals surface area contributed by atoms with Crippen LogP contribution in [0.3, 0.4) is 0 Å². The van der Waals surface area contributed by atoms with Crippen LogP contribution in [0.15, 0.2) is 58.5 Å². The molecule has 0 aliphatic rings. The number of aliphatic imine (C=N–C) groups is 2. The van der Waals surface area contributed by atoms with Gasteiger partial charge in [-0.1, -0.05) is 30.3 Å². The quantitative estimate of drug-likeness (QED) is 0.590. The van der Waals surface area contributed by atoms with Crippen molar-refractivity contribution in [1.29, 1.82) is 0 Å². The van der Waals surface area contributed by atoms with Gasteiger partial charge in [-0.05, 0) is 30.7 Å². The van der Waals surface area contributed by atoms with Gasteiger partial charge in [0, 0.05) is 0 Å². The molecule has 0 unspecified atom stereocenters. The first kappa shape index (κ1) is 14.4. The molecule has 2 rings (SSSR count). The van der Waals surface area contributed by atoms with Gasteiger partial charge in [-0.2, -0.15) is 4.99 Å². The summed E-state index contributed by atoms with van der Waals surface area (Å²) in [4.78, 5) is 7.87. The zero-order valence-corrected chi connectivity index (χ0v) is 11.7. The molecule has 6 heteroatoms. The number of nitrogens with zero attached hydrogens (tertiary/aromatic N) is 2. The van der Waals surface area contributed by atoms with Crippen LogP contribution in [0, 0.1) is 6.92 Å². The first-order chi connectivity index (χ1) is 10.1. The van der Waals surface area contributed by atoms with E-state index in [1.54, 1.807) is 6.07 Å². The van der Waals surface area contributed by atoms with Crippen LogP contribution < -0.4 is 21.9 Å². The molecule has 2 aromatic rings. The van der Waals surface area contributed by atoms with E-state index >= 15 is 0 Å². The maximum absolute atomic E-state index is 5.87. The molecule has 0 radical (unpaired) electrons.